The molecule has 0 fully saturated rings. The van der Waals surface area contributed by atoms with Crippen LogP contribution in [0, 0.1) is 6.92 Å². The predicted molar refractivity (Wildman–Crippen MR) is 93.8 cm³/mol. The molecule has 0 aliphatic carbocycles. The van der Waals surface area contributed by atoms with E-state index in [4.69, 9.17) is 11.6 Å². The van der Waals surface area contributed by atoms with Crippen molar-refractivity contribution in [1.82, 2.24) is 19.1 Å². The Morgan fingerprint density at radius 3 is 2.60 bits per heavy atom. The summed E-state index contributed by atoms with van der Waals surface area (Å²) >= 11 is 5.73. The summed E-state index contributed by atoms with van der Waals surface area (Å²) in [5.41, 5.74) is -2.91. The van der Waals surface area contributed by atoms with Crippen LogP contribution in [0.1, 0.15) is 11.5 Å². The van der Waals surface area contributed by atoms with Crippen molar-refractivity contribution in [3.63, 3.8) is 0 Å². The summed E-state index contributed by atoms with van der Waals surface area (Å²) in [6, 6.07) is 4.42. The van der Waals surface area contributed by atoms with Gasteiger partial charge in [-0.15, -0.1) is 12.4 Å². The molecule has 0 N–H and O–H groups in total. The fourth-order valence-corrected chi connectivity index (χ4v) is 3.02. The van der Waals surface area contributed by atoms with Crippen LogP contribution < -0.4 is 0 Å². The highest BCUT2D eigenvalue weighted by atomic mass is 35.5. The fourth-order valence-electron chi connectivity index (χ4n) is 2.19. The summed E-state index contributed by atoms with van der Waals surface area (Å²) in [7, 11) is 0. The van der Waals surface area contributed by atoms with Gasteiger partial charge >= 0.3 is 5.51 Å². The summed E-state index contributed by atoms with van der Waals surface area (Å²) < 4.78 is 41.0. The molecule has 0 aliphatic heterocycles. The van der Waals surface area contributed by atoms with Crippen LogP contribution in [-0.2, 0) is 6.54 Å². The van der Waals surface area contributed by atoms with Crippen molar-refractivity contribution in [3.8, 4) is 5.69 Å². The van der Waals surface area contributed by atoms with Crippen LogP contribution in [0.15, 0.2) is 48.0 Å². The summed E-state index contributed by atoms with van der Waals surface area (Å²) in [5.74, 6) is 0.876. The van der Waals surface area contributed by atoms with Gasteiger partial charge in [0.25, 0.3) is 0 Å². The van der Waals surface area contributed by atoms with E-state index in [9.17, 15) is 13.2 Å². The van der Waals surface area contributed by atoms with Gasteiger partial charge in [-0.25, -0.2) is 9.97 Å². The maximum absolute atomic E-state index is 12.4. The van der Waals surface area contributed by atoms with Gasteiger partial charge < -0.3 is 9.13 Å². The zero-order valence-electron chi connectivity index (χ0n) is 12.9. The number of halogens is 5. The summed E-state index contributed by atoms with van der Waals surface area (Å²) in [6.45, 7) is 2.46. The van der Waals surface area contributed by atoms with E-state index in [0.717, 1.165) is 11.5 Å². The Hall–Kier alpha value is -1.64. The van der Waals surface area contributed by atoms with Crippen LogP contribution in [0.25, 0.3) is 5.69 Å². The molecule has 0 radical (unpaired) electrons. The first-order valence-corrected chi connectivity index (χ1v) is 8.07. The van der Waals surface area contributed by atoms with E-state index in [2.05, 4.69) is 9.97 Å². The van der Waals surface area contributed by atoms with Crippen LogP contribution in [-0.4, -0.2) is 24.6 Å². The number of nitrogens with zero attached hydrogens (tertiary/aromatic N) is 4. The number of aromatic nitrogens is 4. The zero-order chi connectivity index (χ0) is 17.3. The van der Waals surface area contributed by atoms with E-state index < -0.39 is 5.51 Å². The lowest BCUT2D eigenvalue weighted by Gasteiger charge is -2.09. The predicted octanol–water partition coefficient (Wildman–Crippen LogP) is 5.11. The van der Waals surface area contributed by atoms with Crippen LogP contribution >= 0.6 is 35.8 Å². The molecule has 0 atom stereocenters. The van der Waals surface area contributed by atoms with Crippen molar-refractivity contribution in [3.05, 3.63) is 59.7 Å². The third kappa shape index (κ3) is 4.93. The normalized spacial score (nSPS) is 11.4. The maximum Gasteiger partial charge on any atom is 0.446 e. The topological polar surface area (TPSA) is 35.6 Å². The Bertz CT molecular complexity index is 861. The first kappa shape index (κ1) is 19.7. The Balaban J connectivity index is 0.00000225. The van der Waals surface area contributed by atoms with E-state index in [1.165, 1.54) is 12.1 Å². The number of alkyl halides is 3. The third-order valence-corrected chi connectivity index (χ3v) is 4.56. The van der Waals surface area contributed by atoms with Crippen LogP contribution in [0.3, 0.4) is 0 Å². The number of hydrogen-bond acceptors (Lipinski definition) is 3. The highest BCUT2D eigenvalue weighted by Gasteiger charge is 2.30. The molecular formula is C15H13Cl2F3N4S. The number of imidazole rings is 2. The monoisotopic (exact) mass is 408 g/mol. The van der Waals surface area contributed by atoms with Crippen LogP contribution in [0.2, 0.25) is 5.02 Å². The lowest BCUT2D eigenvalue weighted by Crippen LogP contribution is -2.01. The molecule has 2 aromatic heterocycles. The molecule has 134 valence electrons. The maximum atomic E-state index is 12.4. The van der Waals surface area contributed by atoms with Crippen molar-refractivity contribution >= 4 is 35.8 Å². The zero-order valence-corrected chi connectivity index (χ0v) is 15.3. The van der Waals surface area contributed by atoms with Crippen molar-refractivity contribution in [2.24, 2.45) is 0 Å². The van der Waals surface area contributed by atoms with Gasteiger partial charge in [-0.05, 0) is 36.9 Å². The molecule has 0 saturated heterocycles. The molecule has 0 saturated carbocycles. The van der Waals surface area contributed by atoms with E-state index in [1.54, 1.807) is 23.2 Å². The van der Waals surface area contributed by atoms with E-state index >= 15 is 0 Å². The number of aryl methyl sites for hydroxylation is 1. The first-order chi connectivity index (χ1) is 11.3. The number of benzene rings is 1. The minimum Gasteiger partial charge on any atom is -0.329 e. The quantitative estimate of drug-likeness (QED) is 0.562. The molecule has 4 nitrogen and oxygen atoms in total. The molecule has 0 amide bonds. The van der Waals surface area contributed by atoms with Gasteiger partial charge in [0.1, 0.15) is 5.82 Å². The molecule has 1 aromatic carbocycles. The lowest BCUT2D eigenvalue weighted by molar-refractivity contribution is -0.0328. The average molecular weight is 409 g/mol. The molecule has 3 aromatic rings. The second kappa shape index (κ2) is 7.72. The average Bonchev–Trinajstić information content (AvgIpc) is 3.10. The molecule has 3 rings (SSSR count). The second-order valence-electron chi connectivity index (χ2n) is 5.04. The molecule has 25 heavy (non-hydrogen) atoms. The Kier molecular flexibility index (Phi) is 6.08. The van der Waals surface area contributed by atoms with E-state index in [-0.39, 0.29) is 34.1 Å². The van der Waals surface area contributed by atoms with E-state index in [1.807, 2.05) is 23.9 Å². The Labute approximate surface area is 157 Å². The molecule has 0 aliphatic rings. The smallest absolute Gasteiger partial charge is 0.329 e. The first-order valence-electron chi connectivity index (χ1n) is 6.88. The van der Waals surface area contributed by atoms with E-state index in [0.29, 0.717) is 12.2 Å². The van der Waals surface area contributed by atoms with Crippen LogP contribution in [0.5, 0.6) is 0 Å². The van der Waals surface area contributed by atoms with Gasteiger partial charge in [0.15, 0.2) is 0 Å². The van der Waals surface area contributed by atoms with Crippen molar-refractivity contribution in [2.75, 3.05) is 0 Å². The molecule has 2 heterocycles. The largest absolute Gasteiger partial charge is 0.446 e. The van der Waals surface area contributed by atoms with Crippen molar-refractivity contribution < 1.29 is 13.2 Å². The number of rotatable bonds is 4. The van der Waals surface area contributed by atoms with Crippen molar-refractivity contribution in [2.45, 2.75) is 23.9 Å². The molecular weight excluding hydrogens is 396 g/mol. The fraction of sp³-hybridized carbons (Fsp3) is 0.200. The minimum absolute atomic E-state index is 0. The molecule has 0 bridgehead atoms. The summed E-state index contributed by atoms with van der Waals surface area (Å²) in [4.78, 5) is 8.43. The Morgan fingerprint density at radius 2 is 2.00 bits per heavy atom. The van der Waals surface area contributed by atoms with Gasteiger partial charge in [0, 0.05) is 29.2 Å². The minimum atomic E-state index is -4.37. The van der Waals surface area contributed by atoms with Crippen LogP contribution in [0.4, 0.5) is 13.2 Å². The van der Waals surface area contributed by atoms with Gasteiger partial charge in [-0.2, -0.15) is 13.2 Å². The highest BCUT2D eigenvalue weighted by molar-refractivity contribution is 8.00. The van der Waals surface area contributed by atoms with Gasteiger partial charge in [-0.1, -0.05) is 11.6 Å². The third-order valence-electron chi connectivity index (χ3n) is 3.33. The van der Waals surface area contributed by atoms with Gasteiger partial charge in [0.2, 0.25) is 0 Å². The number of thioether (sulfide) groups is 1. The summed E-state index contributed by atoms with van der Waals surface area (Å²) in [5, 5.41) is 0.0514. The number of hydrogen-bond donors (Lipinski definition) is 0. The van der Waals surface area contributed by atoms with Crippen molar-refractivity contribution in [1.29, 1.82) is 0 Å². The summed E-state index contributed by atoms with van der Waals surface area (Å²) in [6.07, 6.45) is 6.98. The standard InChI is InChI=1S/C15H12ClF3N4S.ClH/c1-10-20-4-5-22(10)7-11-8-23(9-21-11)12-2-3-14(13(16)6-12)24-15(17,18)19;/h2-6,8-9H,7H2,1H3;1H. The highest BCUT2D eigenvalue weighted by Crippen LogP contribution is 2.40. The second-order valence-corrected chi connectivity index (χ2v) is 6.55. The van der Waals surface area contributed by atoms with Gasteiger partial charge in [-0.3, -0.25) is 0 Å². The Morgan fingerprint density at radius 1 is 1.24 bits per heavy atom. The molecule has 0 unspecified atom stereocenters. The molecule has 10 heteroatoms. The molecule has 0 spiro atoms. The van der Waals surface area contributed by atoms with Gasteiger partial charge in [0.05, 0.1) is 23.6 Å². The SMILES string of the molecule is Cc1nccn1Cc1cn(-c2ccc(SC(F)(F)F)c(Cl)c2)cn1.Cl. The lowest BCUT2D eigenvalue weighted by atomic mass is 10.3.